The molecule has 1 rings (SSSR count). The first-order valence-electron chi connectivity index (χ1n) is 6.23. The van der Waals surface area contributed by atoms with E-state index in [4.69, 9.17) is 0 Å². The second kappa shape index (κ2) is 8.17. The Morgan fingerprint density at radius 1 is 1.35 bits per heavy atom. The third-order valence-corrected chi connectivity index (χ3v) is 5.20. The fraction of sp³-hybridized carbons (Fsp3) is 0.571. The lowest BCUT2D eigenvalue weighted by atomic mass is 9.98. The van der Waals surface area contributed by atoms with Crippen LogP contribution in [0.4, 0.5) is 0 Å². The summed E-state index contributed by atoms with van der Waals surface area (Å²) in [6.07, 6.45) is 2.56. The van der Waals surface area contributed by atoms with Crippen molar-refractivity contribution >= 4 is 27.7 Å². The van der Waals surface area contributed by atoms with Crippen LogP contribution < -0.4 is 5.32 Å². The number of hydrogen-bond acceptors (Lipinski definition) is 2. The van der Waals surface area contributed by atoms with Gasteiger partial charge < -0.3 is 5.32 Å². The van der Waals surface area contributed by atoms with Crippen molar-refractivity contribution < 1.29 is 0 Å². The van der Waals surface area contributed by atoms with E-state index < -0.39 is 0 Å². The predicted molar refractivity (Wildman–Crippen MR) is 81.8 cm³/mol. The number of rotatable bonds is 7. The highest BCUT2D eigenvalue weighted by molar-refractivity contribution is 9.10. The highest BCUT2D eigenvalue weighted by Gasteiger charge is 2.15. The Kier molecular flexibility index (Phi) is 7.24. The minimum Gasteiger partial charge on any atom is -0.316 e. The second-order valence-corrected chi connectivity index (χ2v) is 6.32. The van der Waals surface area contributed by atoms with Gasteiger partial charge in [-0.15, -0.1) is 11.8 Å². The van der Waals surface area contributed by atoms with E-state index in [-0.39, 0.29) is 0 Å². The molecule has 3 heteroatoms. The zero-order chi connectivity index (χ0) is 12.7. The van der Waals surface area contributed by atoms with Crippen LogP contribution in [-0.4, -0.2) is 18.8 Å². The molecular formula is C14H22BrNS. The lowest BCUT2D eigenvalue weighted by Gasteiger charge is -2.23. The quantitative estimate of drug-likeness (QED) is 0.740. The maximum atomic E-state index is 3.59. The van der Waals surface area contributed by atoms with Gasteiger partial charge in [-0.05, 0) is 47.4 Å². The molecule has 0 saturated carbocycles. The zero-order valence-corrected chi connectivity index (χ0v) is 13.3. The fourth-order valence-corrected chi connectivity index (χ4v) is 3.79. The molecule has 1 aromatic rings. The first kappa shape index (κ1) is 15.1. The van der Waals surface area contributed by atoms with Gasteiger partial charge in [-0.3, -0.25) is 0 Å². The minimum atomic E-state index is 0.590. The van der Waals surface area contributed by atoms with Crippen molar-refractivity contribution in [2.45, 2.75) is 37.6 Å². The van der Waals surface area contributed by atoms with Gasteiger partial charge in [0.05, 0.1) is 0 Å². The SMILES string of the molecule is CCCC(C)C(CSc1ccccc1Br)NC. The molecule has 0 fully saturated rings. The van der Waals surface area contributed by atoms with Crippen molar-refractivity contribution in [3.63, 3.8) is 0 Å². The third kappa shape index (κ3) is 5.02. The summed E-state index contributed by atoms with van der Waals surface area (Å²) >= 11 is 5.52. The molecule has 0 radical (unpaired) electrons. The van der Waals surface area contributed by atoms with E-state index in [1.54, 1.807) is 0 Å². The van der Waals surface area contributed by atoms with Gasteiger partial charge in [0, 0.05) is 21.2 Å². The van der Waals surface area contributed by atoms with E-state index in [1.807, 2.05) is 11.8 Å². The van der Waals surface area contributed by atoms with Crippen LogP contribution in [0.25, 0.3) is 0 Å². The maximum absolute atomic E-state index is 3.59. The van der Waals surface area contributed by atoms with Crippen LogP contribution in [0.2, 0.25) is 0 Å². The molecule has 17 heavy (non-hydrogen) atoms. The van der Waals surface area contributed by atoms with Gasteiger partial charge in [-0.2, -0.15) is 0 Å². The summed E-state index contributed by atoms with van der Waals surface area (Å²) in [5, 5.41) is 3.44. The molecule has 0 aromatic heterocycles. The van der Waals surface area contributed by atoms with Crippen molar-refractivity contribution in [3.8, 4) is 0 Å². The molecule has 1 N–H and O–H groups in total. The van der Waals surface area contributed by atoms with Crippen LogP contribution in [0.3, 0.4) is 0 Å². The standard InChI is InChI=1S/C14H22BrNS/c1-4-7-11(2)13(16-3)10-17-14-9-6-5-8-12(14)15/h5-6,8-9,11,13,16H,4,7,10H2,1-3H3. The minimum absolute atomic E-state index is 0.590. The van der Waals surface area contributed by atoms with Gasteiger partial charge in [0.2, 0.25) is 0 Å². The second-order valence-electron chi connectivity index (χ2n) is 4.40. The van der Waals surface area contributed by atoms with Gasteiger partial charge in [-0.25, -0.2) is 0 Å². The molecule has 2 unspecified atom stereocenters. The highest BCUT2D eigenvalue weighted by atomic mass is 79.9. The van der Waals surface area contributed by atoms with Gasteiger partial charge in [0.1, 0.15) is 0 Å². The fourth-order valence-electron chi connectivity index (χ4n) is 1.93. The Balaban J connectivity index is 2.50. The number of benzene rings is 1. The number of halogens is 1. The highest BCUT2D eigenvalue weighted by Crippen LogP contribution is 2.28. The maximum Gasteiger partial charge on any atom is 0.0311 e. The van der Waals surface area contributed by atoms with Gasteiger partial charge >= 0.3 is 0 Å². The Bertz CT molecular complexity index is 330. The van der Waals surface area contributed by atoms with Crippen LogP contribution in [0.15, 0.2) is 33.6 Å². The average Bonchev–Trinajstić information content (AvgIpc) is 2.32. The van der Waals surface area contributed by atoms with Crippen molar-refractivity contribution in [1.82, 2.24) is 5.32 Å². The molecule has 0 bridgehead atoms. The normalized spacial score (nSPS) is 14.6. The summed E-state index contributed by atoms with van der Waals surface area (Å²) in [4.78, 5) is 1.33. The number of thioether (sulfide) groups is 1. The number of nitrogens with one attached hydrogen (secondary N) is 1. The van der Waals surface area contributed by atoms with Crippen LogP contribution >= 0.6 is 27.7 Å². The summed E-state index contributed by atoms with van der Waals surface area (Å²) < 4.78 is 1.20. The number of hydrogen-bond donors (Lipinski definition) is 1. The molecule has 0 saturated heterocycles. The van der Waals surface area contributed by atoms with E-state index in [0.717, 1.165) is 11.7 Å². The van der Waals surface area contributed by atoms with Crippen molar-refractivity contribution in [3.05, 3.63) is 28.7 Å². The molecule has 1 nitrogen and oxygen atoms in total. The first-order chi connectivity index (χ1) is 8.19. The lowest BCUT2D eigenvalue weighted by Crippen LogP contribution is -2.34. The molecule has 0 aliphatic heterocycles. The van der Waals surface area contributed by atoms with Crippen molar-refractivity contribution in [2.24, 2.45) is 5.92 Å². The van der Waals surface area contributed by atoms with E-state index >= 15 is 0 Å². The molecule has 0 aliphatic carbocycles. The van der Waals surface area contributed by atoms with Crippen molar-refractivity contribution in [1.29, 1.82) is 0 Å². The predicted octanol–water partition coefficient (Wildman–Crippen LogP) is 4.57. The third-order valence-electron chi connectivity index (χ3n) is 3.06. The Labute approximate surface area is 118 Å². The summed E-state index contributed by atoms with van der Waals surface area (Å²) in [7, 11) is 2.07. The molecule has 0 amide bonds. The summed E-state index contributed by atoms with van der Waals surface area (Å²) in [6, 6.07) is 9.02. The van der Waals surface area contributed by atoms with Crippen LogP contribution in [0, 0.1) is 5.92 Å². The molecular weight excluding hydrogens is 294 g/mol. The van der Waals surface area contributed by atoms with Crippen LogP contribution in [0.5, 0.6) is 0 Å². The van der Waals surface area contributed by atoms with Gasteiger partial charge in [0.25, 0.3) is 0 Å². The smallest absolute Gasteiger partial charge is 0.0311 e. The largest absolute Gasteiger partial charge is 0.316 e. The Morgan fingerprint density at radius 3 is 2.65 bits per heavy atom. The van der Waals surface area contributed by atoms with Gasteiger partial charge in [0.15, 0.2) is 0 Å². The van der Waals surface area contributed by atoms with Crippen molar-refractivity contribution in [2.75, 3.05) is 12.8 Å². The molecule has 0 spiro atoms. The summed E-state index contributed by atoms with van der Waals surface area (Å²) in [6.45, 7) is 4.59. The summed E-state index contributed by atoms with van der Waals surface area (Å²) in [5.74, 6) is 1.86. The van der Waals surface area contributed by atoms with E-state index in [1.165, 1.54) is 22.2 Å². The molecule has 2 atom stereocenters. The van der Waals surface area contributed by atoms with Crippen LogP contribution in [-0.2, 0) is 0 Å². The molecule has 1 aromatic carbocycles. The van der Waals surface area contributed by atoms with Crippen LogP contribution in [0.1, 0.15) is 26.7 Å². The topological polar surface area (TPSA) is 12.0 Å². The van der Waals surface area contributed by atoms with E-state index in [2.05, 4.69) is 66.4 Å². The van der Waals surface area contributed by atoms with E-state index in [9.17, 15) is 0 Å². The first-order valence-corrected chi connectivity index (χ1v) is 8.01. The monoisotopic (exact) mass is 315 g/mol. The Hall–Kier alpha value is 0.01000. The molecule has 0 aliphatic rings. The Morgan fingerprint density at radius 2 is 2.06 bits per heavy atom. The zero-order valence-electron chi connectivity index (χ0n) is 10.9. The average molecular weight is 316 g/mol. The van der Waals surface area contributed by atoms with Gasteiger partial charge in [-0.1, -0.05) is 32.4 Å². The summed E-state index contributed by atoms with van der Waals surface area (Å²) in [5.41, 5.74) is 0. The molecule has 0 heterocycles. The van der Waals surface area contributed by atoms with E-state index in [0.29, 0.717) is 6.04 Å². The molecule has 96 valence electrons. The lowest BCUT2D eigenvalue weighted by molar-refractivity contribution is 0.403.